The molecule has 1 amide bonds. The Morgan fingerprint density at radius 1 is 1.29 bits per heavy atom. The van der Waals surface area contributed by atoms with E-state index in [1.54, 1.807) is 7.11 Å². The van der Waals surface area contributed by atoms with Gasteiger partial charge in [-0.25, -0.2) is 0 Å². The second-order valence-corrected chi connectivity index (χ2v) is 7.56. The first-order chi connectivity index (χ1) is 11.8. The molecule has 1 aromatic carbocycles. The fraction of sp³-hybridized carbons (Fsp3) is 0.650. The first-order valence-corrected chi connectivity index (χ1v) is 9.23. The van der Waals surface area contributed by atoms with Crippen molar-refractivity contribution in [2.45, 2.75) is 49.7 Å². The number of ether oxygens (including phenoxy) is 2. The lowest BCUT2D eigenvalue weighted by atomic mass is 9.66. The lowest BCUT2D eigenvalue weighted by Gasteiger charge is -2.48. The van der Waals surface area contributed by atoms with Gasteiger partial charge in [0.1, 0.15) is 0 Å². The van der Waals surface area contributed by atoms with Gasteiger partial charge < -0.3 is 14.8 Å². The third-order valence-electron chi connectivity index (χ3n) is 6.40. The zero-order valence-corrected chi connectivity index (χ0v) is 14.4. The summed E-state index contributed by atoms with van der Waals surface area (Å²) >= 11 is 0. The number of carbonyl (C=O) groups excluding carboxylic acids is 1. The van der Waals surface area contributed by atoms with E-state index in [0.29, 0.717) is 18.4 Å². The summed E-state index contributed by atoms with van der Waals surface area (Å²) in [6.45, 7) is 1.47. The summed E-state index contributed by atoms with van der Waals surface area (Å²) in [5.41, 5.74) is 0.825. The molecule has 2 saturated carbocycles. The smallest absolute Gasteiger partial charge is 0.230 e. The second kappa shape index (κ2) is 6.49. The third-order valence-corrected chi connectivity index (χ3v) is 6.40. The fourth-order valence-electron chi connectivity index (χ4n) is 5.11. The Labute approximate surface area is 143 Å². The van der Waals surface area contributed by atoms with E-state index in [4.69, 9.17) is 9.47 Å². The maximum Gasteiger partial charge on any atom is 0.230 e. The molecule has 4 atom stereocenters. The summed E-state index contributed by atoms with van der Waals surface area (Å²) in [6, 6.07) is 10.5. The number of hydrogen-bond acceptors (Lipinski definition) is 3. The van der Waals surface area contributed by atoms with Gasteiger partial charge >= 0.3 is 0 Å². The van der Waals surface area contributed by atoms with Crippen LogP contribution in [0.5, 0.6) is 0 Å². The van der Waals surface area contributed by atoms with Gasteiger partial charge in [0.05, 0.1) is 18.1 Å². The monoisotopic (exact) mass is 329 g/mol. The van der Waals surface area contributed by atoms with Gasteiger partial charge in [-0.1, -0.05) is 43.2 Å². The minimum Gasteiger partial charge on any atom is -0.384 e. The quantitative estimate of drug-likeness (QED) is 0.903. The van der Waals surface area contributed by atoms with E-state index in [1.165, 1.54) is 5.56 Å². The van der Waals surface area contributed by atoms with E-state index < -0.39 is 0 Å². The van der Waals surface area contributed by atoms with E-state index in [-0.39, 0.29) is 23.5 Å². The third kappa shape index (κ3) is 2.47. The van der Waals surface area contributed by atoms with Gasteiger partial charge in [0.2, 0.25) is 5.91 Å². The highest BCUT2D eigenvalue weighted by atomic mass is 16.5. The molecular formula is C20H27NO3. The van der Waals surface area contributed by atoms with E-state index in [0.717, 1.165) is 38.7 Å². The van der Waals surface area contributed by atoms with Crippen LogP contribution in [0.1, 0.15) is 37.7 Å². The number of rotatable bonds is 5. The van der Waals surface area contributed by atoms with Crippen LogP contribution in [-0.4, -0.2) is 38.4 Å². The summed E-state index contributed by atoms with van der Waals surface area (Å²) in [5.74, 6) is 0.964. The highest BCUT2D eigenvalue weighted by Gasteiger charge is 2.55. The molecule has 3 aliphatic rings. The van der Waals surface area contributed by atoms with E-state index >= 15 is 0 Å². The molecule has 0 spiro atoms. The van der Waals surface area contributed by atoms with Crippen molar-refractivity contribution in [1.29, 1.82) is 0 Å². The summed E-state index contributed by atoms with van der Waals surface area (Å²) in [7, 11) is 1.73. The lowest BCUT2D eigenvalue weighted by molar-refractivity contribution is -0.135. The van der Waals surface area contributed by atoms with E-state index in [9.17, 15) is 4.79 Å². The predicted octanol–water partition coefficient (Wildman–Crippen LogP) is 2.66. The zero-order valence-electron chi connectivity index (χ0n) is 14.4. The Bertz CT molecular complexity index is 582. The van der Waals surface area contributed by atoms with Gasteiger partial charge in [-0.3, -0.25) is 4.79 Å². The largest absolute Gasteiger partial charge is 0.384 e. The maximum atomic E-state index is 13.3. The van der Waals surface area contributed by atoms with Crippen LogP contribution in [0.3, 0.4) is 0 Å². The second-order valence-electron chi connectivity index (χ2n) is 7.56. The molecule has 1 aromatic rings. The van der Waals surface area contributed by atoms with Crippen molar-refractivity contribution < 1.29 is 14.3 Å². The number of amides is 1. The van der Waals surface area contributed by atoms with Crippen LogP contribution < -0.4 is 5.32 Å². The first kappa shape index (κ1) is 16.1. The van der Waals surface area contributed by atoms with Crippen LogP contribution in [0.4, 0.5) is 0 Å². The van der Waals surface area contributed by atoms with Gasteiger partial charge in [0.25, 0.3) is 0 Å². The molecular weight excluding hydrogens is 302 g/mol. The molecule has 4 heteroatoms. The molecule has 0 bridgehead atoms. The van der Waals surface area contributed by atoms with Gasteiger partial charge in [0.15, 0.2) is 0 Å². The molecule has 130 valence electrons. The molecule has 1 heterocycles. The fourth-order valence-corrected chi connectivity index (χ4v) is 5.11. The van der Waals surface area contributed by atoms with Gasteiger partial charge in [-0.2, -0.15) is 0 Å². The zero-order chi connectivity index (χ0) is 16.6. The number of benzene rings is 1. The Morgan fingerprint density at radius 2 is 2.04 bits per heavy atom. The van der Waals surface area contributed by atoms with Crippen LogP contribution in [-0.2, 0) is 19.7 Å². The van der Waals surface area contributed by atoms with Crippen molar-refractivity contribution in [2.75, 3.05) is 20.3 Å². The maximum absolute atomic E-state index is 13.3. The molecule has 1 N–H and O–H groups in total. The van der Waals surface area contributed by atoms with Crippen LogP contribution in [0, 0.1) is 11.8 Å². The highest BCUT2D eigenvalue weighted by molar-refractivity contribution is 5.89. The van der Waals surface area contributed by atoms with Crippen molar-refractivity contribution in [3.8, 4) is 0 Å². The Morgan fingerprint density at radius 3 is 2.75 bits per heavy atom. The van der Waals surface area contributed by atoms with Crippen LogP contribution in [0.2, 0.25) is 0 Å². The molecule has 0 unspecified atom stereocenters. The van der Waals surface area contributed by atoms with E-state index in [2.05, 4.69) is 17.4 Å². The summed E-state index contributed by atoms with van der Waals surface area (Å²) in [6.07, 6.45) is 5.48. The number of carbonyl (C=O) groups is 1. The van der Waals surface area contributed by atoms with Crippen molar-refractivity contribution >= 4 is 5.91 Å². The minimum atomic E-state index is -0.344. The van der Waals surface area contributed by atoms with Gasteiger partial charge in [-0.05, 0) is 24.8 Å². The number of nitrogens with one attached hydrogen (secondary N) is 1. The van der Waals surface area contributed by atoms with Gasteiger partial charge in [0, 0.05) is 31.6 Å². The topological polar surface area (TPSA) is 47.6 Å². The predicted molar refractivity (Wildman–Crippen MR) is 91.7 cm³/mol. The summed E-state index contributed by atoms with van der Waals surface area (Å²) in [5, 5.41) is 3.41. The van der Waals surface area contributed by atoms with Crippen molar-refractivity contribution in [3.05, 3.63) is 35.9 Å². The highest BCUT2D eigenvalue weighted by Crippen LogP contribution is 2.46. The Hall–Kier alpha value is -1.39. The van der Waals surface area contributed by atoms with E-state index in [1.807, 2.05) is 18.2 Å². The molecule has 1 saturated heterocycles. The normalized spacial score (nSPS) is 33.7. The van der Waals surface area contributed by atoms with Crippen molar-refractivity contribution in [3.63, 3.8) is 0 Å². The molecule has 3 fully saturated rings. The molecule has 24 heavy (non-hydrogen) atoms. The minimum absolute atomic E-state index is 0.200. The van der Waals surface area contributed by atoms with Gasteiger partial charge in [-0.15, -0.1) is 0 Å². The van der Waals surface area contributed by atoms with Crippen molar-refractivity contribution in [1.82, 2.24) is 5.32 Å². The number of fused-ring (bicyclic) bond motifs is 1. The van der Waals surface area contributed by atoms with Crippen LogP contribution in [0.25, 0.3) is 0 Å². The molecule has 0 radical (unpaired) electrons. The molecule has 0 aromatic heterocycles. The average molecular weight is 329 g/mol. The van der Waals surface area contributed by atoms with Crippen LogP contribution >= 0.6 is 0 Å². The number of methoxy groups -OCH3 is 1. The molecule has 4 rings (SSSR count). The first-order valence-electron chi connectivity index (χ1n) is 9.23. The standard InChI is InChI=1S/C20H27NO3/c1-23-13-16-17(15-9-12-24-18(15)16)21-19(22)20(10-5-6-11-20)14-7-3-2-4-8-14/h2-4,7-8,15-18H,5-6,9-13H2,1H3,(H,21,22)/t15-,16+,17+,18-/m0/s1. The average Bonchev–Trinajstić information content (AvgIpc) is 3.26. The molecule has 2 aliphatic carbocycles. The van der Waals surface area contributed by atoms with Crippen LogP contribution in [0.15, 0.2) is 30.3 Å². The summed E-state index contributed by atoms with van der Waals surface area (Å²) in [4.78, 5) is 13.3. The van der Waals surface area contributed by atoms with Crippen molar-refractivity contribution in [2.24, 2.45) is 11.8 Å². The molecule has 1 aliphatic heterocycles. The molecule has 4 nitrogen and oxygen atoms in total. The summed E-state index contributed by atoms with van der Waals surface area (Å²) < 4.78 is 11.2. The number of hydrogen-bond donors (Lipinski definition) is 1. The lowest BCUT2D eigenvalue weighted by Crippen LogP contribution is -2.64. The Kier molecular flexibility index (Phi) is 4.35. The Balaban J connectivity index is 1.54. The SMILES string of the molecule is COC[C@@H]1[C@H](NC(=O)C2(c3ccccc3)CCCC2)[C@@H]2CCO[C@H]12.